The van der Waals surface area contributed by atoms with Gasteiger partial charge < -0.3 is 0 Å². The highest BCUT2D eigenvalue weighted by Gasteiger charge is 2.49. The molecule has 3 aliphatic carbocycles. The van der Waals surface area contributed by atoms with Crippen LogP contribution in [0.2, 0.25) is 0 Å². The molecule has 0 amide bonds. The van der Waals surface area contributed by atoms with Crippen LogP contribution >= 0.6 is 9.24 Å². The second kappa shape index (κ2) is 11.0. The molecule has 1 heteroatoms. The fourth-order valence-corrected chi connectivity index (χ4v) is 8.84. The zero-order chi connectivity index (χ0) is 24.5. The lowest BCUT2D eigenvalue weighted by Gasteiger charge is -2.52. The lowest BCUT2D eigenvalue weighted by Crippen LogP contribution is -2.42. The molecule has 1 aromatic carbocycles. The number of allylic oxidation sites excluding steroid dienone is 4. The lowest BCUT2D eigenvalue weighted by atomic mass is 9.51. The van der Waals surface area contributed by atoms with Crippen molar-refractivity contribution in [3.8, 4) is 0 Å². The monoisotopic (exact) mass is 478 g/mol. The van der Waals surface area contributed by atoms with Crippen LogP contribution < -0.4 is 5.30 Å². The van der Waals surface area contributed by atoms with Gasteiger partial charge in [0.2, 0.25) is 0 Å². The molecule has 0 saturated heterocycles. The molecule has 188 valence electrons. The smallest absolute Gasteiger partial charge is 0.00501 e. The van der Waals surface area contributed by atoms with E-state index in [2.05, 4.69) is 75.1 Å². The van der Waals surface area contributed by atoms with E-state index in [9.17, 15) is 0 Å². The van der Waals surface area contributed by atoms with Gasteiger partial charge in [-0.15, -0.1) is 9.24 Å². The first kappa shape index (κ1) is 26.2. The lowest BCUT2D eigenvalue weighted by molar-refractivity contribution is 0.0803. The van der Waals surface area contributed by atoms with E-state index >= 15 is 0 Å². The van der Waals surface area contributed by atoms with Crippen LogP contribution in [-0.2, 0) is 0 Å². The van der Waals surface area contributed by atoms with Crippen molar-refractivity contribution >= 4 is 20.1 Å². The van der Waals surface area contributed by atoms with Crippen LogP contribution in [-0.4, -0.2) is 0 Å². The Morgan fingerprint density at radius 3 is 1.74 bits per heavy atom. The topological polar surface area (TPSA) is 0 Å². The predicted molar refractivity (Wildman–Crippen MR) is 155 cm³/mol. The minimum Gasteiger partial charge on any atom is -0.105 e. The summed E-state index contributed by atoms with van der Waals surface area (Å²) < 4.78 is 0. The molecule has 1 atom stereocenters. The molecule has 0 aliphatic heterocycles. The van der Waals surface area contributed by atoms with E-state index < -0.39 is 0 Å². The summed E-state index contributed by atoms with van der Waals surface area (Å²) in [6.07, 6.45) is 23.2. The molecule has 2 saturated carbocycles. The van der Waals surface area contributed by atoms with Gasteiger partial charge in [-0.05, 0) is 94.8 Å². The van der Waals surface area contributed by atoms with Crippen molar-refractivity contribution < 1.29 is 0 Å². The fourth-order valence-electron chi connectivity index (χ4n) is 7.95. The van der Waals surface area contributed by atoms with Gasteiger partial charge >= 0.3 is 0 Å². The summed E-state index contributed by atoms with van der Waals surface area (Å²) in [5.74, 6) is 3.31. The van der Waals surface area contributed by atoms with Gasteiger partial charge in [0.25, 0.3) is 0 Å². The maximum Gasteiger partial charge on any atom is 0.00501 e. The zero-order valence-electron chi connectivity index (χ0n) is 23.1. The quantitative estimate of drug-likeness (QED) is 0.357. The fraction of sp³-hybridized carbons (Fsp3) is 0.697. The molecule has 3 aliphatic rings. The Hall–Kier alpha value is -0.870. The molecule has 0 heterocycles. The van der Waals surface area contributed by atoms with Crippen molar-refractivity contribution in [3.63, 3.8) is 0 Å². The molecule has 0 aromatic heterocycles. The molecule has 34 heavy (non-hydrogen) atoms. The van der Waals surface area contributed by atoms with E-state index in [0.29, 0.717) is 23.2 Å². The third-order valence-electron chi connectivity index (χ3n) is 9.58. The summed E-state index contributed by atoms with van der Waals surface area (Å²) in [5, 5.41) is 1.49. The maximum atomic E-state index is 3.20. The van der Waals surface area contributed by atoms with Gasteiger partial charge in [0.1, 0.15) is 0 Å². The van der Waals surface area contributed by atoms with Crippen LogP contribution in [0.1, 0.15) is 152 Å². The van der Waals surface area contributed by atoms with Crippen molar-refractivity contribution in [1.82, 2.24) is 0 Å². The SMILES string of the molecule is CC(C)c1cc(C(C)C)c(C2=CC=CCC2(C2CCCCC2)C2CCCCC2)c(C(C)C)c1P. The molecular weight excluding hydrogens is 427 g/mol. The summed E-state index contributed by atoms with van der Waals surface area (Å²) >= 11 is 0. The summed E-state index contributed by atoms with van der Waals surface area (Å²) in [6, 6.07) is 2.60. The van der Waals surface area contributed by atoms with E-state index in [0.717, 1.165) is 11.8 Å². The van der Waals surface area contributed by atoms with E-state index in [-0.39, 0.29) is 0 Å². The highest BCUT2D eigenvalue weighted by atomic mass is 31.0. The maximum absolute atomic E-state index is 3.20. The second-order valence-electron chi connectivity index (χ2n) is 12.6. The second-order valence-corrected chi connectivity index (χ2v) is 13.2. The minimum atomic E-state index is 0.333. The molecule has 0 bridgehead atoms. The van der Waals surface area contributed by atoms with Crippen LogP contribution in [0.3, 0.4) is 0 Å². The normalized spacial score (nSPS) is 22.1. The third-order valence-corrected chi connectivity index (χ3v) is 10.2. The van der Waals surface area contributed by atoms with Gasteiger partial charge in [0.15, 0.2) is 0 Å². The van der Waals surface area contributed by atoms with Gasteiger partial charge in [-0.3, -0.25) is 0 Å². The highest BCUT2D eigenvalue weighted by Crippen LogP contribution is 2.60. The molecule has 2 fully saturated rings. The summed E-state index contributed by atoms with van der Waals surface area (Å²) in [6.45, 7) is 14.5. The Morgan fingerprint density at radius 1 is 0.735 bits per heavy atom. The number of hydrogen-bond acceptors (Lipinski definition) is 0. The van der Waals surface area contributed by atoms with E-state index in [1.807, 2.05) is 0 Å². The van der Waals surface area contributed by atoms with Gasteiger partial charge in [-0.25, -0.2) is 0 Å². The van der Waals surface area contributed by atoms with Gasteiger partial charge in [0, 0.05) is 5.41 Å². The van der Waals surface area contributed by atoms with Crippen molar-refractivity contribution in [2.24, 2.45) is 17.3 Å². The van der Waals surface area contributed by atoms with E-state index in [1.165, 1.54) is 81.5 Å². The molecule has 1 unspecified atom stereocenters. The average Bonchev–Trinajstić information content (AvgIpc) is 2.84. The van der Waals surface area contributed by atoms with Gasteiger partial charge in [-0.1, -0.05) is 104 Å². The van der Waals surface area contributed by atoms with Crippen molar-refractivity contribution in [1.29, 1.82) is 0 Å². The standard InChI is InChI=1S/C33H51P/c1-22(2)27-21-28(23(3)4)32(34)30(24(5)6)31(27)29-19-13-14-20-33(29,25-15-9-7-10-16-25)26-17-11-8-12-18-26/h13-14,19,21-26H,7-12,15-18,20,34H2,1-6H3. The third kappa shape index (κ3) is 4.75. The van der Waals surface area contributed by atoms with Crippen molar-refractivity contribution in [2.75, 3.05) is 0 Å². The Bertz CT molecular complexity index is 883. The summed E-state index contributed by atoms with van der Waals surface area (Å²) in [4.78, 5) is 0. The van der Waals surface area contributed by atoms with Crippen LogP contribution in [0.5, 0.6) is 0 Å². The van der Waals surface area contributed by atoms with Crippen LogP contribution in [0.4, 0.5) is 0 Å². The first-order valence-electron chi connectivity index (χ1n) is 14.6. The van der Waals surface area contributed by atoms with Gasteiger partial charge in [0.05, 0.1) is 0 Å². The molecule has 0 nitrogen and oxygen atoms in total. The molecule has 0 N–H and O–H groups in total. The average molecular weight is 479 g/mol. The first-order valence-corrected chi connectivity index (χ1v) is 15.2. The van der Waals surface area contributed by atoms with Crippen LogP contribution in [0.25, 0.3) is 5.57 Å². The van der Waals surface area contributed by atoms with E-state index in [1.54, 1.807) is 22.3 Å². The molecule has 1 aromatic rings. The predicted octanol–water partition coefficient (Wildman–Crippen LogP) is 10.0. The van der Waals surface area contributed by atoms with Gasteiger partial charge in [-0.2, -0.15) is 0 Å². The minimum absolute atomic E-state index is 0.333. The molecule has 0 radical (unpaired) electrons. The Morgan fingerprint density at radius 2 is 1.26 bits per heavy atom. The highest BCUT2D eigenvalue weighted by molar-refractivity contribution is 7.27. The molecular formula is C33H51P. The Kier molecular flexibility index (Phi) is 8.50. The summed E-state index contributed by atoms with van der Waals surface area (Å²) in [7, 11) is 3.20. The zero-order valence-corrected chi connectivity index (χ0v) is 24.2. The number of hydrogen-bond donors (Lipinski definition) is 0. The van der Waals surface area contributed by atoms with Crippen molar-refractivity contribution in [3.05, 3.63) is 46.5 Å². The summed E-state index contributed by atoms with van der Waals surface area (Å²) in [5.41, 5.74) is 8.49. The molecule has 4 rings (SSSR count). The Balaban J connectivity index is 2.00. The first-order chi connectivity index (χ1) is 16.3. The molecule has 0 spiro atoms. The van der Waals surface area contributed by atoms with Crippen molar-refractivity contribution in [2.45, 2.75) is 130 Å². The number of rotatable bonds is 6. The van der Waals surface area contributed by atoms with Crippen LogP contribution in [0, 0.1) is 17.3 Å². The largest absolute Gasteiger partial charge is 0.105 e. The number of benzene rings is 1. The van der Waals surface area contributed by atoms with E-state index in [4.69, 9.17) is 0 Å². The Labute approximate surface area is 213 Å². The van der Waals surface area contributed by atoms with Crippen LogP contribution in [0.15, 0.2) is 24.3 Å².